The van der Waals surface area contributed by atoms with Crippen molar-refractivity contribution in [3.63, 3.8) is 0 Å². The fraction of sp³-hybridized carbons (Fsp3) is 0.200. The maximum Gasteiger partial charge on any atom is 0.114 e. The van der Waals surface area contributed by atoms with Gasteiger partial charge in [-0.3, -0.25) is 0 Å². The summed E-state index contributed by atoms with van der Waals surface area (Å²) >= 11 is 0. The number of hydrogen-bond acceptors (Lipinski definition) is 2. The average Bonchev–Trinajstić information content (AvgIpc) is 3.18. The van der Waals surface area contributed by atoms with Gasteiger partial charge in [0.15, 0.2) is 0 Å². The van der Waals surface area contributed by atoms with E-state index in [2.05, 4.69) is 84.9 Å². The fourth-order valence-electron chi connectivity index (χ4n) is 6.46. The van der Waals surface area contributed by atoms with Crippen molar-refractivity contribution in [2.45, 2.75) is 36.9 Å². The van der Waals surface area contributed by atoms with Crippen LogP contribution in [0.25, 0.3) is 32.3 Å². The number of aliphatic hydroxyl groups is 2. The maximum absolute atomic E-state index is 12.2. The Labute approximate surface area is 186 Å². The van der Waals surface area contributed by atoms with Gasteiger partial charge in [-0.25, -0.2) is 0 Å². The van der Waals surface area contributed by atoms with Crippen molar-refractivity contribution in [1.29, 1.82) is 0 Å². The third-order valence-corrected chi connectivity index (χ3v) is 7.96. The maximum atomic E-state index is 12.2. The summed E-state index contributed by atoms with van der Waals surface area (Å²) in [6.45, 7) is 3.50. The van der Waals surface area contributed by atoms with E-state index in [9.17, 15) is 10.2 Å². The SMILES string of the molecule is CC(C)(O)C1(O)C2c3cc4ccccc4cc3C1c1cc3cc4ccccc4cc3cc12. The molecule has 2 aliphatic rings. The van der Waals surface area contributed by atoms with Crippen LogP contribution in [0.3, 0.4) is 0 Å². The van der Waals surface area contributed by atoms with Crippen molar-refractivity contribution in [2.75, 3.05) is 0 Å². The first-order valence-electron chi connectivity index (χ1n) is 11.3. The lowest BCUT2D eigenvalue weighted by molar-refractivity contribution is -0.135. The second-order valence-corrected chi connectivity index (χ2v) is 10.1. The van der Waals surface area contributed by atoms with Gasteiger partial charge in [-0.2, -0.15) is 0 Å². The molecule has 0 aliphatic heterocycles. The molecule has 7 rings (SSSR count). The fourth-order valence-corrected chi connectivity index (χ4v) is 6.46. The Morgan fingerprint density at radius 1 is 0.562 bits per heavy atom. The van der Waals surface area contributed by atoms with Gasteiger partial charge in [0.1, 0.15) is 5.60 Å². The van der Waals surface area contributed by atoms with Crippen molar-refractivity contribution < 1.29 is 10.2 Å². The summed E-state index contributed by atoms with van der Waals surface area (Å²) in [5.41, 5.74) is 2.03. The summed E-state index contributed by atoms with van der Waals surface area (Å²) in [6, 6.07) is 30.2. The summed E-state index contributed by atoms with van der Waals surface area (Å²) < 4.78 is 0. The minimum atomic E-state index is -1.29. The second-order valence-electron chi connectivity index (χ2n) is 10.1. The average molecular weight is 417 g/mol. The molecular weight excluding hydrogens is 392 g/mol. The number of fused-ring (bicyclic) bond motifs is 11. The van der Waals surface area contributed by atoms with Gasteiger partial charge in [-0.05, 0) is 80.6 Å². The van der Waals surface area contributed by atoms with E-state index in [1.807, 2.05) is 0 Å². The van der Waals surface area contributed by atoms with Crippen molar-refractivity contribution in [1.82, 2.24) is 0 Å². The molecule has 0 fully saturated rings. The van der Waals surface area contributed by atoms with Gasteiger partial charge in [0.2, 0.25) is 0 Å². The lowest BCUT2D eigenvalue weighted by Gasteiger charge is -2.40. The summed E-state index contributed by atoms with van der Waals surface area (Å²) in [7, 11) is 0. The molecule has 5 aromatic carbocycles. The Morgan fingerprint density at radius 3 is 1.22 bits per heavy atom. The topological polar surface area (TPSA) is 40.5 Å². The number of rotatable bonds is 1. The molecule has 0 heterocycles. The normalized spacial score (nSPS) is 23.8. The Balaban J connectivity index is 1.56. The molecule has 2 heteroatoms. The quantitative estimate of drug-likeness (QED) is 0.318. The highest BCUT2D eigenvalue weighted by Crippen LogP contribution is 2.66. The molecule has 2 unspecified atom stereocenters. The summed E-state index contributed by atoms with van der Waals surface area (Å²) in [5.74, 6) is -0.504. The molecule has 2 aliphatic carbocycles. The van der Waals surface area contributed by atoms with Gasteiger partial charge in [0.25, 0.3) is 0 Å². The molecule has 0 radical (unpaired) electrons. The van der Waals surface area contributed by atoms with E-state index >= 15 is 0 Å². The summed E-state index contributed by atoms with van der Waals surface area (Å²) in [4.78, 5) is 0. The van der Waals surface area contributed by atoms with Crippen molar-refractivity contribution >= 4 is 32.3 Å². The van der Waals surface area contributed by atoms with E-state index in [0.29, 0.717) is 0 Å². The van der Waals surface area contributed by atoms with Crippen LogP contribution in [0.2, 0.25) is 0 Å². The van der Waals surface area contributed by atoms with Gasteiger partial charge in [-0.15, -0.1) is 0 Å². The van der Waals surface area contributed by atoms with E-state index in [1.54, 1.807) is 13.8 Å². The molecule has 0 aromatic heterocycles. The van der Waals surface area contributed by atoms with E-state index < -0.39 is 11.2 Å². The number of benzene rings is 5. The number of hydrogen-bond donors (Lipinski definition) is 2. The molecule has 0 saturated carbocycles. The van der Waals surface area contributed by atoms with Crippen LogP contribution in [-0.2, 0) is 0 Å². The Morgan fingerprint density at radius 2 is 0.875 bits per heavy atom. The predicted octanol–water partition coefficient (Wildman–Crippen LogP) is 6.24. The third kappa shape index (κ3) is 2.12. The molecule has 2 atom stereocenters. The van der Waals surface area contributed by atoms with Crippen LogP contribution in [0.1, 0.15) is 47.9 Å². The minimum Gasteiger partial charge on any atom is -0.387 e. The van der Waals surface area contributed by atoms with Gasteiger partial charge in [-0.1, -0.05) is 72.8 Å². The highest BCUT2D eigenvalue weighted by molar-refractivity contribution is 5.99. The van der Waals surface area contributed by atoms with Gasteiger partial charge < -0.3 is 10.2 Å². The smallest absolute Gasteiger partial charge is 0.114 e. The van der Waals surface area contributed by atoms with Crippen LogP contribution in [-0.4, -0.2) is 21.4 Å². The molecule has 5 aromatic rings. The predicted molar refractivity (Wildman–Crippen MR) is 130 cm³/mol. The molecule has 2 nitrogen and oxygen atoms in total. The Kier molecular flexibility index (Phi) is 3.32. The monoisotopic (exact) mass is 416 g/mol. The van der Waals surface area contributed by atoms with Crippen LogP contribution in [0.15, 0.2) is 84.9 Å². The van der Waals surface area contributed by atoms with Gasteiger partial charge in [0, 0.05) is 11.8 Å². The molecule has 2 N–H and O–H groups in total. The third-order valence-electron chi connectivity index (χ3n) is 7.96. The highest BCUT2D eigenvalue weighted by atomic mass is 16.4. The van der Waals surface area contributed by atoms with E-state index in [4.69, 9.17) is 0 Å². The summed E-state index contributed by atoms with van der Waals surface area (Å²) in [6.07, 6.45) is 0. The van der Waals surface area contributed by atoms with Crippen LogP contribution in [0.5, 0.6) is 0 Å². The van der Waals surface area contributed by atoms with Crippen LogP contribution in [0.4, 0.5) is 0 Å². The lowest BCUT2D eigenvalue weighted by Crippen LogP contribution is -2.53. The molecule has 0 saturated heterocycles. The minimum absolute atomic E-state index is 0.252. The molecular formula is C30H24O2. The van der Waals surface area contributed by atoms with Gasteiger partial charge >= 0.3 is 0 Å². The molecule has 0 spiro atoms. The zero-order chi connectivity index (χ0) is 21.8. The van der Waals surface area contributed by atoms with E-state index in [1.165, 1.54) is 32.3 Å². The van der Waals surface area contributed by atoms with Crippen LogP contribution in [0, 0.1) is 0 Å². The van der Waals surface area contributed by atoms with Crippen LogP contribution < -0.4 is 0 Å². The first-order valence-corrected chi connectivity index (χ1v) is 11.3. The first kappa shape index (κ1) is 18.4. The zero-order valence-corrected chi connectivity index (χ0v) is 18.1. The lowest BCUT2D eigenvalue weighted by atomic mass is 9.74. The Hall–Kier alpha value is -3.20. The zero-order valence-electron chi connectivity index (χ0n) is 18.1. The van der Waals surface area contributed by atoms with Gasteiger partial charge in [0.05, 0.1) is 5.60 Å². The molecule has 2 bridgehead atoms. The molecule has 32 heavy (non-hydrogen) atoms. The van der Waals surface area contributed by atoms with Crippen molar-refractivity contribution in [2.24, 2.45) is 0 Å². The van der Waals surface area contributed by atoms with Crippen LogP contribution >= 0.6 is 0 Å². The standard InChI is InChI=1S/C30H24O2/c1-29(2,31)30(32)27-23-13-19-9-5-6-10-20(19)14-24(23)28(30)26-16-22-12-18-8-4-3-7-17(18)11-21(22)15-25(26)27/h3-16,27-28,31-32H,1-2H3. The van der Waals surface area contributed by atoms with Crippen molar-refractivity contribution in [3.8, 4) is 0 Å². The second kappa shape index (κ2) is 5.78. The molecule has 0 amide bonds. The van der Waals surface area contributed by atoms with Crippen molar-refractivity contribution in [3.05, 3.63) is 107 Å². The Bertz CT molecular complexity index is 1480. The first-order chi connectivity index (χ1) is 15.4. The van der Waals surface area contributed by atoms with E-state index in [0.717, 1.165) is 22.3 Å². The summed E-state index contributed by atoms with van der Waals surface area (Å²) in [5, 5.41) is 30.6. The highest BCUT2D eigenvalue weighted by Gasteiger charge is 2.65. The van der Waals surface area contributed by atoms with E-state index in [-0.39, 0.29) is 11.8 Å². The largest absolute Gasteiger partial charge is 0.387 e. The molecule has 156 valence electrons.